The third-order valence-electron chi connectivity index (χ3n) is 4.97. The van der Waals surface area contributed by atoms with Crippen LogP contribution < -0.4 is 21.5 Å². The number of thioether (sulfide) groups is 1. The number of anilines is 3. The Morgan fingerprint density at radius 1 is 1.09 bits per heavy atom. The van der Waals surface area contributed by atoms with E-state index < -0.39 is 0 Å². The highest BCUT2D eigenvalue weighted by atomic mass is 32.2. The van der Waals surface area contributed by atoms with Crippen LogP contribution in [0, 0.1) is 0 Å². The predicted molar refractivity (Wildman–Crippen MR) is 137 cm³/mol. The minimum absolute atomic E-state index is 0.0299. The number of carbonyl (C=O) groups is 2. The van der Waals surface area contributed by atoms with Gasteiger partial charge in [0, 0.05) is 30.0 Å². The van der Waals surface area contributed by atoms with Crippen molar-refractivity contribution < 1.29 is 9.59 Å². The van der Waals surface area contributed by atoms with Crippen LogP contribution in [0.2, 0.25) is 0 Å². The fraction of sp³-hybridized carbons (Fsp3) is 0.261. The molecular formula is C23H28N8O2S. The van der Waals surface area contributed by atoms with Gasteiger partial charge in [0.1, 0.15) is 0 Å². The summed E-state index contributed by atoms with van der Waals surface area (Å²) in [7, 11) is 0. The molecule has 0 radical (unpaired) electrons. The number of Topliss-reactive ketones (excluding diaryl/α,β-unsaturated/α-hetero) is 1. The van der Waals surface area contributed by atoms with Gasteiger partial charge in [0.2, 0.25) is 11.1 Å². The minimum Gasteiger partial charge on any atom is -0.372 e. The molecule has 0 fully saturated rings. The number of hydrogen-bond donors (Lipinski definition) is 3. The zero-order valence-electron chi connectivity index (χ0n) is 19.4. The highest BCUT2D eigenvalue weighted by molar-refractivity contribution is 7.99. The molecule has 1 aromatic heterocycles. The van der Waals surface area contributed by atoms with E-state index in [1.54, 1.807) is 30.5 Å². The van der Waals surface area contributed by atoms with E-state index in [0.29, 0.717) is 16.4 Å². The fourth-order valence-corrected chi connectivity index (χ4v) is 3.75. The lowest BCUT2D eigenvalue weighted by Gasteiger charge is -2.20. The molecule has 34 heavy (non-hydrogen) atoms. The van der Waals surface area contributed by atoms with E-state index in [2.05, 4.69) is 56.9 Å². The maximum absolute atomic E-state index is 12.2. The molecule has 0 aliphatic heterocycles. The van der Waals surface area contributed by atoms with Crippen molar-refractivity contribution in [1.82, 2.24) is 14.9 Å². The van der Waals surface area contributed by atoms with Crippen molar-refractivity contribution >= 4 is 47.0 Å². The molecule has 0 unspecified atom stereocenters. The number of rotatable bonds is 11. The SMILES string of the molecule is CCN(CC)c1ccc(/C=N/Nc2nnc(SCC(=O)Nc3ccc(C(C)=O)cc3)n2N)cc1. The van der Waals surface area contributed by atoms with Gasteiger partial charge in [-0.3, -0.25) is 9.59 Å². The molecule has 2 aromatic carbocycles. The molecule has 0 bridgehead atoms. The molecule has 0 spiro atoms. The number of hydrogen-bond acceptors (Lipinski definition) is 9. The number of nitrogens with one attached hydrogen (secondary N) is 2. The first-order valence-electron chi connectivity index (χ1n) is 10.8. The van der Waals surface area contributed by atoms with Gasteiger partial charge in [-0.25, -0.2) is 10.1 Å². The van der Waals surface area contributed by atoms with Crippen LogP contribution >= 0.6 is 11.8 Å². The summed E-state index contributed by atoms with van der Waals surface area (Å²) in [5.41, 5.74) is 6.04. The first kappa shape index (κ1) is 24.8. The summed E-state index contributed by atoms with van der Waals surface area (Å²) in [5.74, 6) is 6.09. The largest absolute Gasteiger partial charge is 0.372 e. The Hall–Kier alpha value is -3.86. The lowest BCUT2D eigenvalue weighted by Crippen LogP contribution is -2.21. The number of nitrogens with zero attached hydrogens (tertiary/aromatic N) is 5. The highest BCUT2D eigenvalue weighted by Crippen LogP contribution is 2.18. The number of hydrazone groups is 1. The van der Waals surface area contributed by atoms with Crippen molar-refractivity contribution in [3.63, 3.8) is 0 Å². The molecule has 0 aliphatic carbocycles. The molecular weight excluding hydrogens is 452 g/mol. The van der Waals surface area contributed by atoms with E-state index in [9.17, 15) is 9.59 Å². The zero-order chi connectivity index (χ0) is 24.5. The van der Waals surface area contributed by atoms with E-state index >= 15 is 0 Å². The van der Waals surface area contributed by atoms with Crippen LogP contribution in [0.25, 0.3) is 0 Å². The molecule has 11 heteroatoms. The molecule has 4 N–H and O–H groups in total. The second kappa shape index (κ2) is 11.8. The number of ketones is 1. The molecule has 1 heterocycles. The van der Waals surface area contributed by atoms with Crippen LogP contribution in [-0.4, -0.2) is 51.6 Å². The number of nitrogens with two attached hydrogens (primary N) is 1. The van der Waals surface area contributed by atoms with Gasteiger partial charge in [-0.2, -0.15) is 5.10 Å². The van der Waals surface area contributed by atoms with Crippen molar-refractivity contribution in [1.29, 1.82) is 0 Å². The molecule has 3 rings (SSSR count). The Labute approximate surface area is 202 Å². The van der Waals surface area contributed by atoms with Crippen LogP contribution in [0.1, 0.15) is 36.7 Å². The maximum atomic E-state index is 12.2. The number of nitrogen functional groups attached to an aromatic ring is 1. The monoisotopic (exact) mass is 480 g/mol. The van der Waals surface area contributed by atoms with E-state index in [-0.39, 0.29) is 23.4 Å². The molecule has 10 nitrogen and oxygen atoms in total. The normalized spacial score (nSPS) is 10.9. The van der Waals surface area contributed by atoms with Crippen LogP contribution in [-0.2, 0) is 4.79 Å². The zero-order valence-corrected chi connectivity index (χ0v) is 20.2. The van der Waals surface area contributed by atoms with Crippen molar-refractivity contribution in [2.75, 3.05) is 40.3 Å². The van der Waals surface area contributed by atoms with Crippen LogP contribution in [0.15, 0.2) is 58.8 Å². The quantitative estimate of drug-likeness (QED) is 0.125. The van der Waals surface area contributed by atoms with Gasteiger partial charge in [-0.15, -0.1) is 10.2 Å². The van der Waals surface area contributed by atoms with Gasteiger partial charge < -0.3 is 16.1 Å². The Bertz CT molecular complexity index is 1140. The van der Waals surface area contributed by atoms with Gasteiger partial charge in [-0.1, -0.05) is 23.9 Å². The predicted octanol–water partition coefficient (Wildman–Crippen LogP) is 3.22. The van der Waals surface area contributed by atoms with E-state index in [1.165, 1.54) is 11.6 Å². The molecule has 0 atom stereocenters. The summed E-state index contributed by atoms with van der Waals surface area (Å²) in [5, 5.41) is 15.3. The van der Waals surface area contributed by atoms with Crippen LogP contribution in [0.3, 0.4) is 0 Å². The minimum atomic E-state index is -0.232. The van der Waals surface area contributed by atoms with Gasteiger partial charge >= 0.3 is 0 Å². The summed E-state index contributed by atoms with van der Waals surface area (Å²) in [4.78, 5) is 25.8. The summed E-state index contributed by atoms with van der Waals surface area (Å²) in [6.45, 7) is 7.65. The van der Waals surface area contributed by atoms with E-state index in [1.807, 2.05) is 12.1 Å². The van der Waals surface area contributed by atoms with Crippen LogP contribution in [0.5, 0.6) is 0 Å². The topological polar surface area (TPSA) is 131 Å². The average molecular weight is 481 g/mol. The Balaban J connectivity index is 1.50. The second-order valence-corrected chi connectivity index (χ2v) is 8.22. The third-order valence-corrected chi connectivity index (χ3v) is 5.92. The fourth-order valence-electron chi connectivity index (χ4n) is 3.09. The number of carbonyl (C=O) groups excluding carboxylic acids is 2. The van der Waals surface area contributed by atoms with Crippen LogP contribution in [0.4, 0.5) is 17.3 Å². The van der Waals surface area contributed by atoms with Gasteiger partial charge in [0.15, 0.2) is 5.78 Å². The number of amides is 1. The summed E-state index contributed by atoms with van der Waals surface area (Å²) < 4.78 is 1.24. The molecule has 0 aliphatic rings. The summed E-state index contributed by atoms with van der Waals surface area (Å²) in [6, 6.07) is 14.8. The Morgan fingerprint density at radius 2 is 1.76 bits per heavy atom. The number of aromatic nitrogens is 3. The standard InChI is InChI=1S/C23H28N8O2S/c1-4-30(5-2)20-12-6-17(7-13-20)14-25-27-22-28-29-23(31(22)24)34-15-21(33)26-19-10-8-18(9-11-19)16(3)32/h6-14H,4-5,15,24H2,1-3H3,(H,26,33)(H,27,28)/b25-14+. The van der Waals surface area contributed by atoms with Crippen molar-refractivity contribution in [2.24, 2.45) is 5.10 Å². The molecule has 0 saturated carbocycles. The number of benzene rings is 2. The smallest absolute Gasteiger partial charge is 0.264 e. The Morgan fingerprint density at radius 3 is 2.38 bits per heavy atom. The first-order chi connectivity index (χ1) is 16.4. The van der Waals surface area contributed by atoms with Gasteiger partial charge in [0.25, 0.3) is 5.95 Å². The van der Waals surface area contributed by atoms with Gasteiger partial charge in [-0.05, 0) is 62.7 Å². The lowest BCUT2D eigenvalue weighted by molar-refractivity contribution is -0.113. The molecule has 0 saturated heterocycles. The average Bonchev–Trinajstić information content (AvgIpc) is 3.19. The second-order valence-electron chi connectivity index (χ2n) is 7.28. The van der Waals surface area contributed by atoms with Crippen molar-refractivity contribution in [3.05, 3.63) is 59.7 Å². The molecule has 1 amide bonds. The van der Waals surface area contributed by atoms with E-state index in [4.69, 9.17) is 5.84 Å². The highest BCUT2D eigenvalue weighted by Gasteiger charge is 2.12. The Kier molecular flexibility index (Phi) is 8.63. The summed E-state index contributed by atoms with van der Waals surface area (Å²) in [6.07, 6.45) is 1.67. The third kappa shape index (κ3) is 6.58. The van der Waals surface area contributed by atoms with E-state index in [0.717, 1.165) is 36.1 Å². The maximum Gasteiger partial charge on any atom is 0.264 e. The first-order valence-corrected chi connectivity index (χ1v) is 11.8. The summed E-state index contributed by atoms with van der Waals surface area (Å²) >= 11 is 1.14. The van der Waals surface area contributed by atoms with Crippen molar-refractivity contribution in [2.45, 2.75) is 25.9 Å². The molecule has 3 aromatic rings. The van der Waals surface area contributed by atoms with Gasteiger partial charge in [0.05, 0.1) is 12.0 Å². The van der Waals surface area contributed by atoms with Crippen molar-refractivity contribution in [3.8, 4) is 0 Å². The molecule has 178 valence electrons. The lowest BCUT2D eigenvalue weighted by atomic mass is 10.1.